The van der Waals surface area contributed by atoms with Crippen LogP contribution in [0.3, 0.4) is 0 Å². The minimum Gasteiger partial charge on any atom is -0.506 e. The standard InChI is InChI=1S/C15H12ClN3O4S/c1-8-2-3-9(6-11(8)16)14(21)18-15(24)17-12-7-10(19(22)23)4-5-13(12)20/h2-7,20H,1H3,(H2,17,18,21,24). The zero-order valence-corrected chi connectivity index (χ0v) is 13.9. The summed E-state index contributed by atoms with van der Waals surface area (Å²) in [4.78, 5) is 22.2. The number of carbonyl (C=O) groups excluding carboxylic acids is 1. The SMILES string of the molecule is Cc1ccc(C(=O)NC(=S)Nc2cc([N+](=O)[O-])ccc2O)cc1Cl. The number of non-ortho nitro benzene ring substituents is 1. The zero-order valence-electron chi connectivity index (χ0n) is 12.4. The Morgan fingerprint density at radius 3 is 2.62 bits per heavy atom. The zero-order chi connectivity index (χ0) is 17.9. The van der Waals surface area contributed by atoms with Crippen molar-refractivity contribution in [1.29, 1.82) is 0 Å². The number of nitrogens with one attached hydrogen (secondary N) is 2. The number of nitro benzene ring substituents is 1. The molecule has 0 saturated heterocycles. The first-order valence-corrected chi connectivity index (χ1v) is 7.42. The van der Waals surface area contributed by atoms with E-state index in [1.165, 1.54) is 6.07 Å². The molecule has 124 valence electrons. The van der Waals surface area contributed by atoms with Crippen LogP contribution in [0.15, 0.2) is 36.4 Å². The molecule has 1 amide bonds. The monoisotopic (exact) mass is 365 g/mol. The number of anilines is 1. The number of nitrogens with zero attached hydrogens (tertiary/aromatic N) is 1. The summed E-state index contributed by atoms with van der Waals surface area (Å²) in [7, 11) is 0. The summed E-state index contributed by atoms with van der Waals surface area (Å²) in [6, 6.07) is 8.20. The molecule has 0 atom stereocenters. The number of benzene rings is 2. The first-order valence-electron chi connectivity index (χ1n) is 6.64. The Kier molecular flexibility index (Phi) is 5.32. The average Bonchev–Trinajstić information content (AvgIpc) is 2.51. The summed E-state index contributed by atoms with van der Waals surface area (Å²) >= 11 is 10.9. The third kappa shape index (κ3) is 4.18. The van der Waals surface area contributed by atoms with E-state index in [1.807, 2.05) is 0 Å². The number of hydrogen-bond acceptors (Lipinski definition) is 5. The highest BCUT2D eigenvalue weighted by atomic mass is 35.5. The number of aryl methyl sites for hydroxylation is 1. The number of nitro groups is 1. The molecular formula is C15H12ClN3O4S. The van der Waals surface area contributed by atoms with E-state index >= 15 is 0 Å². The van der Waals surface area contributed by atoms with Crippen molar-refractivity contribution in [1.82, 2.24) is 5.32 Å². The molecule has 24 heavy (non-hydrogen) atoms. The Morgan fingerprint density at radius 2 is 2.00 bits per heavy atom. The number of carbonyl (C=O) groups is 1. The largest absolute Gasteiger partial charge is 0.506 e. The van der Waals surface area contributed by atoms with Crippen LogP contribution in [0.5, 0.6) is 5.75 Å². The van der Waals surface area contributed by atoms with Gasteiger partial charge in [-0.15, -0.1) is 0 Å². The Labute approximate surface area is 147 Å². The van der Waals surface area contributed by atoms with Gasteiger partial charge in [0.05, 0.1) is 10.6 Å². The molecule has 0 saturated carbocycles. The van der Waals surface area contributed by atoms with Gasteiger partial charge in [-0.05, 0) is 42.9 Å². The number of amides is 1. The maximum Gasteiger partial charge on any atom is 0.271 e. The van der Waals surface area contributed by atoms with Crippen LogP contribution in [0.1, 0.15) is 15.9 Å². The Balaban J connectivity index is 2.10. The maximum absolute atomic E-state index is 12.1. The molecule has 0 unspecified atom stereocenters. The molecule has 0 bridgehead atoms. The van der Waals surface area contributed by atoms with Crippen LogP contribution in [-0.2, 0) is 0 Å². The molecule has 3 N–H and O–H groups in total. The van der Waals surface area contributed by atoms with Crippen LogP contribution in [0, 0.1) is 17.0 Å². The highest BCUT2D eigenvalue weighted by molar-refractivity contribution is 7.80. The number of phenols is 1. The predicted octanol–water partition coefficient (Wildman–Crippen LogP) is 3.39. The Hall–Kier alpha value is -2.71. The van der Waals surface area contributed by atoms with Gasteiger partial charge in [0.1, 0.15) is 5.75 Å². The van der Waals surface area contributed by atoms with Crippen LogP contribution in [0.25, 0.3) is 0 Å². The minimum absolute atomic E-state index is 0.0106. The summed E-state index contributed by atoms with van der Waals surface area (Å²) in [6.45, 7) is 1.81. The fraction of sp³-hybridized carbons (Fsp3) is 0.0667. The van der Waals surface area contributed by atoms with Gasteiger partial charge in [-0.25, -0.2) is 0 Å². The summed E-state index contributed by atoms with van der Waals surface area (Å²) in [6.07, 6.45) is 0. The van der Waals surface area contributed by atoms with Crippen LogP contribution in [-0.4, -0.2) is 21.0 Å². The fourth-order valence-corrected chi connectivity index (χ4v) is 2.18. The number of hydrogen-bond donors (Lipinski definition) is 3. The van der Waals surface area contributed by atoms with Crippen LogP contribution in [0.4, 0.5) is 11.4 Å². The average molecular weight is 366 g/mol. The van der Waals surface area contributed by atoms with E-state index in [4.69, 9.17) is 23.8 Å². The lowest BCUT2D eigenvalue weighted by atomic mass is 10.1. The van der Waals surface area contributed by atoms with Gasteiger partial charge in [-0.3, -0.25) is 20.2 Å². The molecular weight excluding hydrogens is 354 g/mol. The summed E-state index contributed by atoms with van der Waals surface area (Å²) in [5, 5.41) is 25.7. The lowest BCUT2D eigenvalue weighted by Gasteiger charge is -2.11. The number of thiocarbonyl (C=S) groups is 1. The van der Waals surface area contributed by atoms with Gasteiger partial charge in [0.15, 0.2) is 5.11 Å². The number of halogens is 1. The second-order valence-electron chi connectivity index (χ2n) is 4.83. The molecule has 0 radical (unpaired) electrons. The van der Waals surface area contributed by atoms with Crippen LogP contribution >= 0.6 is 23.8 Å². The van der Waals surface area contributed by atoms with Gasteiger partial charge in [0, 0.05) is 22.7 Å². The van der Waals surface area contributed by atoms with Gasteiger partial charge in [0.25, 0.3) is 11.6 Å². The summed E-state index contributed by atoms with van der Waals surface area (Å²) in [5.74, 6) is -0.741. The van der Waals surface area contributed by atoms with E-state index in [-0.39, 0.29) is 22.2 Å². The van der Waals surface area contributed by atoms with E-state index in [0.717, 1.165) is 23.8 Å². The van der Waals surface area contributed by atoms with Crippen molar-refractivity contribution >= 4 is 46.2 Å². The molecule has 0 aliphatic rings. The molecule has 0 aliphatic heterocycles. The second-order valence-corrected chi connectivity index (χ2v) is 5.65. The summed E-state index contributed by atoms with van der Waals surface area (Å²) in [5.41, 5.74) is 0.916. The third-order valence-corrected chi connectivity index (χ3v) is 3.71. The number of phenolic OH excluding ortho intramolecular Hbond substituents is 1. The molecule has 0 heterocycles. The molecule has 2 aromatic carbocycles. The van der Waals surface area contributed by atoms with Crippen molar-refractivity contribution in [3.8, 4) is 5.75 Å². The minimum atomic E-state index is -0.611. The van der Waals surface area contributed by atoms with E-state index < -0.39 is 10.8 Å². The molecule has 0 aromatic heterocycles. The predicted molar refractivity (Wildman–Crippen MR) is 94.6 cm³/mol. The number of rotatable bonds is 3. The van der Waals surface area contributed by atoms with Crippen molar-refractivity contribution in [3.63, 3.8) is 0 Å². The lowest BCUT2D eigenvalue weighted by Crippen LogP contribution is -2.34. The molecule has 9 heteroatoms. The first-order chi connectivity index (χ1) is 11.3. The highest BCUT2D eigenvalue weighted by Gasteiger charge is 2.13. The van der Waals surface area contributed by atoms with Gasteiger partial charge in [-0.2, -0.15) is 0 Å². The van der Waals surface area contributed by atoms with Crippen molar-refractivity contribution in [2.75, 3.05) is 5.32 Å². The van der Waals surface area contributed by atoms with E-state index in [2.05, 4.69) is 10.6 Å². The van der Waals surface area contributed by atoms with Crippen molar-refractivity contribution in [3.05, 3.63) is 62.7 Å². The van der Waals surface area contributed by atoms with Crippen molar-refractivity contribution < 1.29 is 14.8 Å². The Morgan fingerprint density at radius 1 is 1.29 bits per heavy atom. The van der Waals surface area contributed by atoms with Gasteiger partial charge < -0.3 is 10.4 Å². The van der Waals surface area contributed by atoms with Gasteiger partial charge in [0.2, 0.25) is 0 Å². The maximum atomic E-state index is 12.1. The Bertz CT molecular complexity index is 841. The third-order valence-electron chi connectivity index (χ3n) is 3.10. The summed E-state index contributed by atoms with van der Waals surface area (Å²) < 4.78 is 0. The van der Waals surface area contributed by atoms with E-state index in [1.54, 1.807) is 19.1 Å². The molecule has 2 rings (SSSR count). The second kappa shape index (κ2) is 7.24. The molecule has 2 aromatic rings. The first kappa shape index (κ1) is 17.6. The van der Waals surface area contributed by atoms with E-state index in [9.17, 15) is 20.0 Å². The molecule has 0 aliphatic carbocycles. The lowest BCUT2D eigenvalue weighted by molar-refractivity contribution is -0.384. The normalized spacial score (nSPS) is 10.1. The van der Waals surface area contributed by atoms with Crippen LogP contribution < -0.4 is 10.6 Å². The van der Waals surface area contributed by atoms with Crippen LogP contribution in [0.2, 0.25) is 5.02 Å². The van der Waals surface area contributed by atoms with Gasteiger partial charge >= 0.3 is 0 Å². The fourth-order valence-electron chi connectivity index (χ4n) is 1.80. The highest BCUT2D eigenvalue weighted by Crippen LogP contribution is 2.27. The van der Waals surface area contributed by atoms with Crippen molar-refractivity contribution in [2.24, 2.45) is 0 Å². The molecule has 0 spiro atoms. The smallest absolute Gasteiger partial charge is 0.271 e. The number of aromatic hydroxyl groups is 1. The van der Waals surface area contributed by atoms with Gasteiger partial charge in [-0.1, -0.05) is 17.7 Å². The quantitative estimate of drug-likeness (QED) is 0.333. The van der Waals surface area contributed by atoms with Crippen molar-refractivity contribution in [2.45, 2.75) is 6.92 Å². The topological polar surface area (TPSA) is 104 Å². The molecule has 7 nitrogen and oxygen atoms in total. The molecule has 0 fully saturated rings. The van der Waals surface area contributed by atoms with E-state index in [0.29, 0.717) is 10.6 Å².